The van der Waals surface area contributed by atoms with Crippen LogP contribution in [0.25, 0.3) is 0 Å². The third-order valence-corrected chi connectivity index (χ3v) is 5.40. The van der Waals surface area contributed by atoms with Crippen LogP contribution in [0.3, 0.4) is 0 Å². The number of rotatable bonds is 8. The Morgan fingerprint density at radius 2 is 1.88 bits per heavy atom. The molecule has 0 bridgehead atoms. The van der Waals surface area contributed by atoms with Gasteiger partial charge in [0.05, 0.1) is 11.5 Å². The lowest BCUT2D eigenvalue weighted by Crippen LogP contribution is -2.28. The number of carbonyl (C=O) groups excluding carboxylic acids is 1. The minimum atomic E-state index is -3.64. The van der Waals surface area contributed by atoms with Crippen LogP contribution >= 0.6 is 0 Å². The monoisotopic (exact) mass is 376 g/mol. The SMILES string of the molecule is COCc1cccc(NC(=O)CCNS(=O)(=O)c2cc(C)ccc2C)c1. The molecule has 140 valence electrons. The number of hydrogen-bond acceptors (Lipinski definition) is 4. The van der Waals surface area contributed by atoms with Gasteiger partial charge in [0.25, 0.3) is 0 Å². The van der Waals surface area contributed by atoms with Gasteiger partial charge in [-0.3, -0.25) is 4.79 Å². The molecule has 0 aliphatic carbocycles. The first-order valence-electron chi connectivity index (χ1n) is 8.26. The summed E-state index contributed by atoms with van der Waals surface area (Å²) < 4.78 is 32.4. The summed E-state index contributed by atoms with van der Waals surface area (Å²) in [7, 11) is -2.04. The Kier molecular flexibility index (Phi) is 6.90. The number of nitrogens with one attached hydrogen (secondary N) is 2. The molecule has 0 aliphatic rings. The minimum Gasteiger partial charge on any atom is -0.380 e. The summed E-state index contributed by atoms with van der Waals surface area (Å²) in [4.78, 5) is 12.3. The van der Waals surface area contributed by atoms with E-state index in [0.29, 0.717) is 17.9 Å². The van der Waals surface area contributed by atoms with Gasteiger partial charge >= 0.3 is 0 Å². The number of carbonyl (C=O) groups is 1. The highest BCUT2D eigenvalue weighted by molar-refractivity contribution is 7.89. The van der Waals surface area contributed by atoms with Crippen molar-refractivity contribution in [1.82, 2.24) is 4.72 Å². The highest BCUT2D eigenvalue weighted by atomic mass is 32.2. The van der Waals surface area contributed by atoms with Crippen LogP contribution in [0.15, 0.2) is 47.4 Å². The van der Waals surface area contributed by atoms with E-state index < -0.39 is 10.0 Å². The first kappa shape index (κ1) is 20.1. The van der Waals surface area contributed by atoms with Crippen molar-refractivity contribution >= 4 is 21.6 Å². The highest BCUT2D eigenvalue weighted by Gasteiger charge is 2.17. The van der Waals surface area contributed by atoms with Gasteiger partial charge in [-0.25, -0.2) is 13.1 Å². The number of anilines is 1. The first-order chi connectivity index (χ1) is 12.3. The molecule has 0 unspecified atom stereocenters. The zero-order valence-electron chi connectivity index (χ0n) is 15.2. The smallest absolute Gasteiger partial charge is 0.240 e. The topological polar surface area (TPSA) is 84.5 Å². The zero-order chi connectivity index (χ0) is 19.2. The second kappa shape index (κ2) is 8.93. The van der Waals surface area contributed by atoms with Crippen LogP contribution in [0.4, 0.5) is 5.69 Å². The average molecular weight is 376 g/mol. The molecule has 0 saturated carbocycles. The summed E-state index contributed by atoms with van der Waals surface area (Å²) in [5, 5.41) is 2.76. The van der Waals surface area contributed by atoms with Crippen LogP contribution in [0.1, 0.15) is 23.1 Å². The van der Waals surface area contributed by atoms with Crippen molar-refractivity contribution < 1.29 is 17.9 Å². The molecule has 7 heteroatoms. The maximum Gasteiger partial charge on any atom is 0.240 e. The van der Waals surface area contributed by atoms with E-state index in [9.17, 15) is 13.2 Å². The molecule has 6 nitrogen and oxygen atoms in total. The number of hydrogen-bond donors (Lipinski definition) is 2. The van der Waals surface area contributed by atoms with E-state index in [-0.39, 0.29) is 23.8 Å². The fourth-order valence-corrected chi connectivity index (χ4v) is 3.86. The third-order valence-electron chi connectivity index (χ3n) is 3.80. The zero-order valence-corrected chi connectivity index (χ0v) is 16.0. The van der Waals surface area contributed by atoms with Crippen molar-refractivity contribution in [2.75, 3.05) is 19.0 Å². The molecule has 0 atom stereocenters. The van der Waals surface area contributed by atoms with E-state index in [2.05, 4.69) is 10.0 Å². The van der Waals surface area contributed by atoms with E-state index in [1.807, 2.05) is 31.2 Å². The third kappa shape index (κ3) is 5.66. The number of benzene rings is 2. The molecule has 0 saturated heterocycles. The molecule has 0 fully saturated rings. The van der Waals surface area contributed by atoms with Gasteiger partial charge in [-0.1, -0.05) is 24.3 Å². The summed E-state index contributed by atoms with van der Waals surface area (Å²) in [6.07, 6.45) is 0.0403. The molecular formula is C19H24N2O4S. The number of aryl methyl sites for hydroxylation is 2. The highest BCUT2D eigenvalue weighted by Crippen LogP contribution is 2.16. The van der Waals surface area contributed by atoms with E-state index in [1.165, 1.54) is 0 Å². The molecule has 2 aromatic rings. The van der Waals surface area contributed by atoms with Gasteiger partial charge in [-0.2, -0.15) is 0 Å². The average Bonchev–Trinajstić information content (AvgIpc) is 2.57. The quantitative estimate of drug-likeness (QED) is 0.742. The number of sulfonamides is 1. The van der Waals surface area contributed by atoms with Gasteiger partial charge in [-0.05, 0) is 48.7 Å². The Labute approximate surface area is 154 Å². The predicted octanol–water partition coefficient (Wildman–Crippen LogP) is 2.76. The summed E-state index contributed by atoms with van der Waals surface area (Å²) in [5.74, 6) is -0.261. The van der Waals surface area contributed by atoms with Gasteiger partial charge in [0.1, 0.15) is 0 Å². The van der Waals surface area contributed by atoms with Crippen molar-refractivity contribution in [3.63, 3.8) is 0 Å². The molecule has 0 spiro atoms. The van der Waals surface area contributed by atoms with E-state index >= 15 is 0 Å². The Morgan fingerprint density at radius 3 is 2.62 bits per heavy atom. The Balaban J connectivity index is 1.91. The normalized spacial score (nSPS) is 11.3. The van der Waals surface area contributed by atoms with Gasteiger partial charge in [0.2, 0.25) is 15.9 Å². The predicted molar refractivity (Wildman–Crippen MR) is 102 cm³/mol. The van der Waals surface area contributed by atoms with Crippen molar-refractivity contribution in [3.05, 3.63) is 59.2 Å². The second-order valence-corrected chi connectivity index (χ2v) is 7.83. The fourth-order valence-electron chi connectivity index (χ4n) is 2.50. The van der Waals surface area contributed by atoms with Crippen molar-refractivity contribution in [2.45, 2.75) is 31.8 Å². The van der Waals surface area contributed by atoms with Crippen LogP contribution in [-0.4, -0.2) is 28.0 Å². The van der Waals surface area contributed by atoms with Crippen LogP contribution in [0.2, 0.25) is 0 Å². The first-order valence-corrected chi connectivity index (χ1v) is 9.75. The Bertz CT molecular complexity index is 879. The molecule has 26 heavy (non-hydrogen) atoms. The van der Waals surface area contributed by atoms with E-state index in [1.54, 1.807) is 32.2 Å². The molecular weight excluding hydrogens is 352 g/mol. The standard InChI is InChI=1S/C19H24N2O4S/c1-14-7-8-15(2)18(11-14)26(23,24)20-10-9-19(22)21-17-6-4-5-16(12-17)13-25-3/h4-8,11-12,20H,9-10,13H2,1-3H3,(H,21,22). The summed E-state index contributed by atoms with van der Waals surface area (Å²) in [5.41, 5.74) is 3.13. The van der Waals surface area contributed by atoms with Gasteiger partial charge < -0.3 is 10.1 Å². The lowest BCUT2D eigenvalue weighted by Gasteiger charge is -2.11. The molecule has 0 radical (unpaired) electrons. The van der Waals surface area contributed by atoms with Crippen LogP contribution in [-0.2, 0) is 26.2 Å². The van der Waals surface area contributed by atoms with Crippen molar-refractivity contribution in [1.29, 1.82) is 0 Å². The minimum absolute atomic E-state index is 0.0271. The van der Waals surface area contributed by atoms with Gasteiger partial charge in [-0.15, -0.1) is 0 Å². The van der Waals surface area contributed by atoms with E-state index in [4.69, 9.17) is 4.74 Å². The Hall–Kier alpha value is -2.22. The molecule has 0 aliphatic heterocycles. The largest absolute Gasteiger partial charge is 0.380 e. The molecule has 2 rings (SSSR count). The number of methoxy groups -OCH3 is 1. The van der Waals surface area contributed by atoms with Crippen LogP contribution < -0.4 is 10.0 Å². The second-order valence-electron chi connectivity index (χ2n) is 6.10. The molecule has 2 N–H and O–H groups in total. The maximum atomic E-state index is 12.4. The summed E-state index contributed by atoms with van der Waals surface area (Å²) in [6, 6.07) is 12.6. The lowest BCUT2D eigenvalue weighted by atomic mass is 10.2. The molecule has 1 amide bonds. The summed E-state index contributed by atoms with van der Waals surface area (Å²) >= 11 is 0. The molecule has 0 aromatic heterocycles. The molecule has 2 aromatic carbocycles. The maximum absolute atomic E-state index is 12.4. The summed E-state index contributed by atoms with van der Waals surface area (Å²) in [6.45, 7) is 4.07. The van der Waals surface area contributed by atoms with Crippen molar-refractivity contribution in [2.24, 2.45) is 0 Å². The van der Waals surface area contributed by atoms with Crippen LogP contribution in [0.5, 0.6) is 0 Å². The van der Waals surface area contributed by atoms with Crippen molar-refractivity contribution in [3.8, 4) is 0 Å². The lowest BCUT2D eigenvalue weighted by molar-refractivity contribution is -0.116. The van der Waals surface area contributed by atoms with Gasteiger partial charge in [0, 0.05) is 25.8 Å². The molecule has 0 heterocycles. The van der Waals surface area contributed by atoms with E-state index in [0.717, 1.165) is 11.1 Å². The number of amides is 1. The van der Waals surface area contributed by atoms with Gasteiger partial charge in [0.15, 0.2) is 0 Å². The fraction of sp³-hybridized carbons (Fsp3) is 0.316. The van der Waals surface area contributed by atoms with Crippen LogP contribution in [0, 0.1) is 13.8 Å². The number of ether oxygens (including phenoxy) is 1. The Morgan fingerprint density at radius 1 is 1.12 bits per heavy atom.